The molecule has 5 nitrogen and oxygen atoms in total. The van der Waals surface area contributed by atoms with Crippen LogP contribution in [0.4, 0.5) is 0 Å². The molecule has 0 unspecified atom stereocenters. The van der Waals surface area contributed by atoms with E-state index in [1.165, 1.54) is 0 Å². The van der Waals surface area contributed by atoms with Crippen molar-refractivity contribution in [3.8, 4) is 0 Å². The molecular formula is C12H17N2O3P. The Labute approximate surface area is 106 Å². The van der Waals surface area contributed by atoms with Gasteiger partial charge in [-0.05, 0) is 19.9 Å². The highest BCUT2D eigenvalue weighted by atomic mass is 31.2. The molecule has 0 spiro atoms. The molecule has 0 aliphatic carbocycles. The first-order valence-corrected chi connectivity index (χ1v) is 7.71. The highest BCUT2D eigenvalue weighted by Gasteiger charge is 2.26. The van der Waals surface area contributed by atoms with E-state index in [2.05, 4.69) is 10.2 Å². The van der Waals surface area contributed by atoms with Gasteiger partial charge in [-0.1, -0.05) is 18.2 Å². The predicted molar refractivity (Wildman–Crippen MR) is 70.7 cm³/mol. The Morgan fingerprint density at radius 1 is 1.22 bits per heavy atom. The van der Waals surface area contributed by atoms with E-state index in [0.717, 1.165) is 16.6 Å². The first-order valence-electron chi connectivity index (χ1n) is 5.98. The molecule has 98 valence electrons. The van der Waals surface area contributed by atoms with Crippen molar-refractivity contribution in [3.05, 3.63) is 30.0 Å². The van der Waals surface area contributed by atoms with Crippen LogP contribution < -0.4 is 0 Å². The van der Waals surface area contributed by atoms with Crippen LogP contribution in [0.1, 0.15) is 19.5 Å². The number of rotatable bonds is 6. The smallest absolute Gasteiger partial charge is 0.309 e. The number of para-hydroxylation sites is 1. The molecule has 1 aromatic carbocycles. The molecule has 0 atom stereocenters. The first kappa shape index (κ1) is 13.3. The lowest BCUT2D eigenvalue weighted by atomic mass is 10.2. The van der Waals surface area contributed by atoms with E-state index in [-0.39, 0.29) is 6.16 Å². The average Bonchev–Trinajstić information content (AvgIpc) is 2.73. The lowest BCUT2D eigenvalue weighted by Crippen LogP contribution is -1.99. The number of aromatic amines is 1. The zero-order valence-corrected chi connectivity index (χ0v) is 11.4. The van der Waals surface area contributed by atoms with Crippen LogP contribution in [0.2, 0.25) is 0 Å². The standard InChI is InChI=1S/C12H17N2O3P/c1-3-16-18(15,17-4-2)9-12-10-7-5-6-8-11(10)13-14-12/h5-8H,3-4,9H2,1-2H3,(H,13,14). The molecule has 0 bridgehead atoms. The highest BCUT2D eigenvalue weighted by molar-refractivity contribution is 7.53. The Hall–Kier alpha value is -1.16. The molecule has 0 saturated heterocycles. The Bertz CT molecular complexity index is 557. The van der Waals surface area contributed by atoms with E-state index in [1.54, 1.807) is 13.8 Å². The van der Waals surface area contributed by atoms with Gasteiger partial charge in [0.2, 0.25) is 0 Å². The van der Waals surface area contributed by atoms with Gasteiger partial charge in [0.05, 0.1) is 30.6 Å². The molecule has 1 N–H and O–H groups in total. The number of benzene rings is 1. The van der Waals surface area contributed by atoms with Crippen molar-refractivity contribution in [3.63, 3.8) is 0 Å². The predicted octanol–water partition coefficient (Wildman–Crippen LogP) is 3.33. The maximum Gasteiger partial charge on any atom is 0.336 e. The fourth-order valence-corrected chi connectivity index (χ4v) is 3.52. The second kappa shape index (κ2) is 5.65. The molecule has 0 aliphatic rings. The van der Waals surface area contributed by atoms with E-state index >= 15 is 0 Å². The second-order valence-electron chi connectivity index (χ2n) is 3.82. The molecule has 0 saturated carbocycles. The van der Waals surface area contributed by atoms with Gasteiger partial charge in [-0.15, -0.1) is 0 Å². The van der Waals surface area contributed by atoms with Crippen LogP contribution in [0.15, 0.2) is 24.3 Å². The zero-order chi connectivity index (χ0) is 13.0. The molecule has 0 amide bonds. The highest BCUT2D eigenvalue weighted by Crippen LogP contribution is 2.51. The number of nitrogens with zero attached hydrogens (tertiary/aromatic N) is 1. The number of H-pyrrole nitrogens is 1. The van der Waals surface area contributed by atoms with Crippen LogP contribution in [0.5, 0.6) is 0 Å². The van der Waals surface area contributed by atoms with Crippen molar-refractivity contribution < 1.29 is 13.6 Å². The Kier molecular flexibility index (Phi) is 4.17. The molecule has 1 heterocycles. The van der Waals surface area contributed by atoms with Crippen molar-refractivity contribution >= 4 is 18.5 Å². The van der Waals surface area contributed by atoms with E-state index in [1.807, 2.05) is 24.3 Å². The summed E-state index contributed by atoms with van der Waals surface area (Å²) in [6, 6.07) is 7.68. The van der Waals surface area contributed by atoms with Crippen LogP contribution in [0.25, 0.3) is 10.9 Å². The van der Waals surface area contributed by atoms with Crippen molar-refractivity contribution in [2.24, 2.45) is 0 Å². The largest absolute Gasteiger partial charge is 0.336 e. The van der Waals surface area contributed by atoms with Crippen LogP contribution in [0, 0.1) is 0 Å². The normalized spacial score (nSPS) is 12.1. The SMILES string of the molecule is CCOP(=O)(Cc1[nH]nc2ccccc12)OCC. The molecule has 2 rings (SSSR count). The topological polar surface area (TPSA) is 64.2 Å². The van der Waals surface area contributed by atoms with Crippen LogP contribution in [0.3, 0.4) is 0 Å². The van der Waals surface area contributed by atoms with E-state index in [4.69, 9.17) is 9.05 Å². The summed E-state index contributed by atoms with van der Waals surface area (Å²) in [6.07, 6.45) is 0.217. The molecule has 0 aliphatic heterocycles. The Balaban J connectivity index is 2.29. The maximum absolute atomic E-state index is 12.4. The summed E-state index contributed by atoms with van der Waals surface area (Å²) >= 11 is 0. The monoisotopic (exact) mass is 268 g/mol. The minimum absolute atomic E-state index is 0.217. The summed E-state index contributed by atoms with van der Waals surface area (Å²) in [5.41, 5.74) is 1.64. The maximum atomic E-state index is 12.4. The van der Waals surface area contributed by atoms with Gasteiger partial charge in [-0.25, -0.2) is 0 Å². The van der Waals surface area contributed by atoms with Gasteiger partial charge >= 0.3 is 7.60 Å². The van der Waals surface area contributed by atoms with Gasteiger partial charge in [0.25, 0.3) is 0 Å². The van der Waals surface area contributed by atoms with Crippen molar-refractivity contribution in [2.75, 3.05) is 13.2 Å². The molecule has 0 fully saturated rings. The third-order valence-corrected chi connectivity index (χ3v) is 4.55. The fourth-order valence-electron chi connectivity index (χ4n) is 1.85. The van der Waals surface area contributed by atoms with Crippen LogP contribution in [-0.4, -0.2) is 23.4 Å². The Morgan fingerprint density at radius 2 is 1.89 bits per heavy atom. The van der Waals surface area contributed by atoms with E-state index in [0.29, 0.717) is 13.2 Å². The van der Waals surface area contributed by atoms with Gasteiger partial charge in [0.1, 0.15) is 0 Å². The quantitative estimate of drug-likeness (QED) is 0.816. The molecule has 6 heteroatoms. The second-order valence-corrected chi connectivity index (χ2v) is 5.88. The number of aromatic nitrogens is 2. The molecule has 1 aromatic heterocycles. The summed E-state index contributed by atoms with van der Waals surface area (Å²) in [4.78, 5) is 0. The molecule has 2 aromatic rings. The van der Waals surface area contributed by atoms with Crippen molar-refractivity contribution in [1.82, 2.24) is 10.2 Å². The van der Waals surface area contributed by atoms with Crippen molar-refractivity contribution in [2.45, 2.75) is 20.0 Å². The number of nitrogens with one attached hydrogen (secondary N) is 1. The summed E-state index contributed by atoms with van der Waals surface area (Å²) in [6.45, 7) is 4.33. The Morgan fingerprint density at radius 3 is 2.56 bits per heavy atom. The van der Waals surface area contributed by atoms with Gasteiger partial charge in [-0.3, -0.25) is 9.66 Å². The van der Waals surface area contributed by atoms with Crippen LogP contribution >= 0.6 is 7.60 Å². The summed E-state index contributed by atoms with van der Waals surface area (Å²) < 4.78 is 23.0. The lowest BCUT2D eigenvalue weighted by Gasteiger charge is -2.16. The number of hydrogen-bond acceptors (Lipinski definition) is 4. The molecule has 18 heavy (non-hydrogen) atoms. The van der Waals surface area contributed by atoms with E-state index in [9.17, 15) is 4.57 Å². The number of fused-ring (bicyclic) bond motifs is 1. The minimum Gasteiger partial charge on any atom is -0.309 e. The first-order chi connectivity index (χ1) is 8.68. The van der Waals surface area contributed by atoms with Gasteiger partial charge < -0.3 is 9.05 Å². The third kappa shape index (κ3) is 2.80. The number of hydrogen-bond donors (Lipinski definition) is 1. The van der Waals surface area contributed by atoms with Gasteiger partial charge in [0.15, 0.2) is 0 Å². The summed E-state index contributed by atoms with van der Waals surface area (Å²) in [7, 11) is -3.08. The summed E-state index contributed by atoms with van der Waals surface area (Å²) in [5, 5.41) is 8.03. The average molecular weight is 268 g/mol. The minimum atomic E-state index is -3.08. The summed E-state index contributed by atoms with van der Waals surface area (Å²) in [5.74, 6) is 0. The van der Waals surface area contributed by atoms with Gasteiger partial charge in [0, 0.05) is 5.39 Å². The lowest BCUT2D eigenvalue weighted by molar-refractivity contribution is 0.219. The van der Waals surface area contributed by atoms with Gasteiger partial charge in [-0.2, -0.15) is 5.10 Å². The third-order valence-electron chi connectivity index (χ3n) is 2.54. The fraction of sp³-hybridized carbons (Fsp3) is 0.417. The van der Waals surface area contributed by atoms with E-state index < -0.39 is 7.60 Å². The molecular weight excluding hydrogens is 251 g/mol. The van der Waals surface area contributed by atoms with Crippen LogP contribution in [-0.2, 0) is 19.8 Å². The molecule has 0 radical (unpaired) electrons. The van der Waals surface area contributed by atoms with Crippen molar-refractivity contribution in [1.29, 1.82) is 0 Å². The zero-order valence-electron chi connectivity index (χ0n) is 10.5.